The molecule has 1 heterocycles. The lowest BCUT2D eigenvalue weighted by Crippen LogP contribution is -2.40. The van der Waals surface area contributed by atoms with E-state index in [4.69, 9.17) is 23.2 Å². The second kappa shape index (κ2) is 6.06. The van der Waals surface area contributed by atoms with Crippen molar-refractivity contribution in [2.45, 2.75) is 6.92 Å². The van der Waals surface area contributed by atoms with Crippen LogP contribution in [-0.4, -0.2) is 42.1 Å². The quantitative estimate of drug-likeness (QED) is 0.474. The molecule has 1 aliphatic rings. The summed E-state index contributed by atoms with van der Waals surface area (Å²) in [7, 11) is 1.12. The first kappa shape index (κ1) is 16.5. The minimum Gasteiger partial charge on any atom is -0.468 e. The van der Waals surface area contributed by atoms with Gasteiger partial charge >= 0.3 is 5.97 Å². The average Bonchev–Trinajstić information content (AvgIpc) is 2.72. The predicted octanol–water partition coefficient (Wildman–Crippen LogP) is 1.97. The number of ketones is 1. The summed E-state index contributed by atoms with van der Waals surface area (Å²) in [6.45, 7) is 0.765. The number of esters is 1. The second-order valence-corrected chi connectivity index (χ2v) is 5.50. The molecule has 1 aliphatic heterocycles. The molecule has 0 fully saturated rings. The Hall–Kier alpha value is -1.92. The molecule has 6 nitrogen and oxygen atoms in total. The summed E-state index contributed by atoms with van der Waals surface area (Å²) in [5.74, 6) is -3.96. The number of ether oxygens (including phenoxy) is 1. The van der Waals surface area contributed by atoms with Crippen LogP contribution in [0.25, 0.3) is 0 Å². The first-order valence-corrected chi connectivity index (χ1v) is 6.97. The number of amides is 2. The topological polar surface area (TPSA) is 80.8 Å². The molecule has 116 valence electrons. The van der Waals surface area contributed by atoms with Gasteiger partial charge in [0.1, 0.15) is 11.7 Å². The number of carbonyl (C=O) groups is 4. The lowest BCUT2D eigenvalue weighted by atomic mass is 10.1. The fraction of sp³-hybridized carbons (Fsp3) is 0.286. The Morgan fingerprint density at radius 2 is 1.59 bits per heavy atom. The summed E-state index contributed by atoms with van der Waals surface area (Å²) in [6.07, 6.45) is 0. The summed E-state index contributed by atoms with van der Waals surface area (Å²) < 4.78 is 4.52. The number of Topliss-reactive ketones (excluding diaryl/α,β-unsaturated/α-hetero) is 1. The van der Waals surface area contributed by atoms with Crippen molar-refractivity contribution in [1.82, 2.24) is 4.90 Å². The molecule has 0 aromatic heterocycles. The van der Waals surface area contributed by atoms with E-state index < -0.39 is 36.0 Å². The number of hydrogen-bond acceptors (Lipinski definition) is 5. The van der Waals surface area contributed by atoms with Crippen molar-refractivity contribution in [2.75, 3.05) is 13.7 Å². The average molecular weight is 344 g/mol. The van der Waals surface area contributed by atoms with Crippen LogP contribution in [0.5, 0.6) is 0 Å². The van der Waals surface area contributed by atoms with Crippen LogP contribution in [0.1, 0.15) is 27.6 Å². The van der Waals surface area contributed by atoms with Gasteiger partial charge in [0, 0.05) is 6.54 Å². The van der Waals surface area contributed by atoms with E-state index in [-0.39, 0.29) is 21.2 Å². The fourth-order valence-corrected chi connectivity index (χ4v) is 2.67. The third-order valence-electron chi connectivity index (χ3n) is 3.36. The van der Waals surface area contributed by atoms with Gasteiger partial charge in [-0.3, -0.25) is 24.1 Å². The maximum absolute atomic E-state index is 12.3. The number of fused-ring (bicyclic) bond motifs is 1. The van der Waals surface area contributed by atoms with E-state index in [0.717, 1.165) is 12.0 Å². The van der Waals surface area contributed by atoms with Gasteiger partial charge in [-0.25, -0.2) is 0 Å². The number of nitrogens with zero attached hydrogens (tertiary/aromatic N) is 1. The zero-order valence-electron chi connectivity index (χ0n) is 11.7. The predicted molar refractivity (Wildman–Crippen MR) is 78.0 cm³/mol. The monoisotopic (exact) mass is 343 g/mol. The number of imide groups is 1. The van der Waals surface area contributed by atoms with Crippen LogP contribution in [-0.2, 0) is 14.3 Å². The van der Waals surface area contributed by atoms with E-state index >= 15 is 0 Å². The van der Waals surface area contributed by atoms with Crippen molar-refractivity contribution >= 4 is 46.8 Å². The van der Waals surface area contributed by atoms with Gasteiger partial charge in [0.2, 0.25) is 0 Å². The van der Waals surface area contributed by atoms with E-state index in [1.807, 2.05) is 0 Å². The molecule has 0 radical (unpaired) electrons. The number of carbonyl (C=O) groups excluding carboxylic acids is 4. The van der Waals surface area contributed by atoms with Gasteiger partial charge in [-0.05, 0) is 19.1 Å². The summed E-state index contributed by atoms with van der Waals surface area (Å²) in [5.41, 5.74) is -0.0438. The molecule has 1 aromatic carbocycles. The van der Waals surface area contributed by atoms with Crippen LogP contribution in [0, 0.1) is 5.92 Å². The second-order valence-electron chi connectivity index (χ2n) is 4.69. The lowest BCUT2D eigenvalue weighted by molar-refractivity contribution is -0.149. The van der Waals surface area contributed by atoms with E-state index in [1.165, 1.54) is 19.1 Å². The van der Waals surface area contributed by atoms with Gasteiger partial charge in [-0.15, -0.1) is 0 Å². The highest BCUT2D eigenvalue weighted by Gasteiger charge is 2.42. The number of hydrogen-bond donors (Lipinski definition) is 0. The van der Waals surface area contributed by atoms with Crippen LogP contribution >= 0.6 is 23.2 Å². The Kier molecular flexibility index (Phi) is 4.53. The van der Waals surface area contributed by atoms with Gasteiger partial charge in [0.05, 0.1) is 28.3 Å². The molecular weight excluding hydrogens is 333 g/mol. The van der Waals surface area contributed by atoms with Crippen LogP contribution in [0.4, 0.5) is 0 Å². The van der Waals surface area contributed by atoms with Gasteiger partial charge in [0.15, 0.2) is 0 Å². The van der Waals surface area contributed by atoms with Crippen molar-refractivity contribution < 1.29 is 23.9 Å². The molecular formula is C14H11Cl2NO5. The maximum atomic E-state index is 12.3. The molecule has 22 heavy (non-hydrogen) atoms. The zero-order chi connectivity index (χ0) is 16.6. The number of methoxy groups -OCH3 is 1. The number of rotatable bonds is 4. The molecule has 1 aromatic rings. The first-order valence-electron chi connectivity index (χ1n) is 6.22. The van der Waals surface area contributed by atoms with E-state index in [0.29, 0.717) is 0 Å². The third kappa shape index (κ3) is 2.60. The minimum atomic E-state index is -1.25. The SMILES string of the molecule is COC(=O)C(CN1C(=O)c2c(Cl)ccc(Cl)c2C1=O)C(C)=O. The Bertz CT molecular complexity index is 660. The lowest BCUT2D eigenvalue weighted by Gasteiger charge is -2.18. The van der Waals surface area contributed by atoms with Crippen molar-refractivity contribution in [3.05, 3.63) is 33.3 Å². The molecule has 8 heteroatoms. The zero-order valence-corrected chi connectivity index (χ0v) is 13.2. The minimum absolute atomic E-state index is 0.0219. The van der Waals surface area contributed by atoms with Crippen LogP contribution < -0.4 is 0 Å². The normalized spacial score (nSPS) is 14.8. The molecule has 2 rings (SSSR count). The van der Waals surface area contributed by atoms with Crippen LogP contribution in [0.3, 0.4) is 0 Å². The van der Waals surface area contributed by atoms with Crippen LogP contribution in [0.2, 0.25) is 10.0 Å². The molecule has 2 amide bonds. The Morgan fingerprint density at radius 1 is 1.14 bits per heavy atom. The van der Waals surface area contributed by atoms with Crippen molar-refractivity contribution in [1.29, 1.82) is 0 Å². The molecule has 0 bridgehead atoms. The first-order chi connectivity index (χ1) is 10.3. The highest BCUT2D eigenvalue weighted by atomic mass is 35.5. The molecule has 1 atom stereocenters. The van der Waals surface area contributed by atoms with E-state index in [9.17, 15) is 19.2 Å². The standard InChI is InChI=1S/C14H11Cl2NO5/c1-6(18)7(14(21)22-2)5-17-12(19)10-8(15)3-4-9(16)11(10)13(17)20/h3-4,7H,5H2,1-2H3. The summed E-state index contributed by atoms with van der Waals surface area (Å²) in [4.78, 5) is 48.6. The Morgan fingerprint density at radius 3 is 1.95 bits per heavy atom. The van der Waals surface area contributed by atoms with Crippen molar-refractivity contribution in [3.8, 4) is 0 Å². The maximum Gasteiger partial charge on any atom is 0.318 e. The van der Waals surface area contributed by atoms with Gasteiger partial charge in [-0.2, -0.15) is 0 Å². The third-order valence-corrected chi connectivity index (χ3v) is 3.99. The number of halogens is 2. The Balaban J connectivity index is 2.40. The molecule has 0 N–H and O–H groups in total. The molecule has 0 aliphatic carbocycles. The van der Waals surface area contributed by atoms with Crippen molar-refractivity contribution in [2.24, 2.45) is 5.92 Å². The molecule has 1 unspecified atom stereocenters. The fourth-order valence-electron chi connectivity index (χ4n) is 2.19. The largest absolute Gasteiger partial charge is 0.468 e. The molecule has 0 saturated heterocycles. The summed E-state index contributed by atoms with van der Waals surface area (Å²) in [6, 6.07) is 2.81. The van der Waals surface area contributed by atoms with Gasteiger partial charge < -0.3 is 4.74 Å². The summed E-state index contributed by atoms with van der Waals surface area (Å²) in [5, 5.41) is 0.162. The summed E-state index contributed by atoms with van der Waals surface area (Å²) >= 11 is 11.9. The van der Waals surface area contributed by atoms with E-state index in [2.05, 4.69) is 4.74 Å². The molecule has 0 saturated carbocycles. The number of benzene rings is 1. The van der Waals surface area contributed by atoms with Crippen molar-refractivity contribution in [3.63, 3.8) is 0 Å². The smallest absolute Gasteiger partial charge is 0.318 e. The van der Waals surface area contributed by atoms with Crippen LogP contribution in [0.15, 0.2) is 12.1 Å². The molecule has 0 spiro atoms. The Labute approximate surface area is 135 Å². The highest BCUT2D eigenvalue weighted by Crippen LogP contribution is 2.34. The van der Waals surface area contributed by atoms with Gasteiger partial charge in [0.25, 0.3) is 11.8 Å². The highest BCUT2D eigenvalue weighted by molar-refractivity contribution is 6.41. The van der Waals surface area contributed by atoms with Gasteiger partial charge in [-0.1, -0.05) is 23.2 Å². The van der Waals surface area contributed by atoms with E-state index in [1.54, 1.807) is 0 Å².